The molecule has 1 aliphatic carbocycles. The second-order valence-electron chi connectivity index (χ2n) is 5.89. The molecule has 0 spiro atoms. The van der Waals surface area contributed by atoms with E-state index in [1.165, 1.54) is 12.0 Å². The maximum atomic E-state index is 12.3. The smallest absolute Gasteiger partial charge is 0.263 e. The highest BCUT2D eigenvalue weighted by Gasteiger charge is 2.23. The van der Waals surface area contributed by atoms with Crippen molar-refractivity contribution in [1.29, 1.82) is 0 Å². The first-order valence-electron chi connectivity index (χ1n) is 8.10. The molecule has 0 aliphatic heterocycles. The lowest BCUT2D eigenvalue weighted by atomic mass is 9.94. The van der Waals surface area contributed by atoms with Gasteiger partial charge < -0.3 is 0 Å². The van der Waals surface area contributed by atoms with Crippen molar-refractivity contribution in [3.05, 3.63) is 29.8 Å². The summed E-state index contributed by atoms with van der Waals surface area (Å²) in [5.74, 6) is 0.501. The maximum Gasteiger partial charge on any atom is 0.297 e. The quantitative estimate of drug-likeness (QED) is 0.720. The van der Waals surface area contributed by atoms with Crippen molar-refractivity contribution in [1.82, 2.24) is 0 Å². The molecule has 0 bridgehead atoms. The number of hydrogen-bond acceptors (Lipinski definition) is 3. The normalized spacial score (nSPS) is 17.3. The lowest BCUT2D eigenvalue weighted by Gasteiger charge is -2.21. The zero-order valence-electron chi connectivity index (χ0n) is 13.0. The molecule has 3 nitrogen and oxygen atoms in total. The highest BCUT2D eigenvalue weighted by Crippen LogP contribution is 2.27. The molecular formula is C17H26O3S. The van der Waals surface area contributed by atoms with Crippen molar-refractivity contribution in [2.45, 2.75) is 75.7 Å². The molecule has 0 heterocycles. The molecule has 2 rings (SSSR count). The molecule has 0 saturated heterocycles. The zero-order valence-corrected chi connectivity index (χ0v) is 13.9. The average Bonchev–Trinajstić information content (AvgIpc) is 2.50. The Bertz CT molecular complexity index is 524. The Morgan fingerprint density at radius 3 is 2.14 bits per heavy atom. The summed E-state index contributed by atoms with van der Waals surface area (Å²) in [5, 5.41) is 0. The lowest BCUT2D eigenvalue weighted by molar-refractivity contribution is 0.162. The van der Waals surface area contributed by atoms with Crippen LogP contribution in [0.15, 0.2) is 29.2 Å². The van der Waals surface area contributed by atoms with E-state index >= 15 is 0 Å². The summed E-state index contributed by atoms with van der Waals surface area (Å²) in [5.41, 5.74) is 1.21. The van der Waals surface area contributed by atoms with Crippen LogP contribution in [-0.2, 0) is 14.3 Å². The minimum absolute atomic E-state index is 0.137. The first-order valence-corrected chi connectivity index (χ1v) is 9.51. The van der Waals surface area contributed by atoms with Crippen LogP contribution in [0.5, 0.6) is 0 Å². The van der Waals surface area contributed by atoms with E-state index in [2.05, 4.69) is 13.8 Å². The van der Waals surface area contributed by atoms with E-state index in [1.807, 2.05) is 12.1 Å². The highest BCUT2D eigenvalue weighted by molar-refractivity contribution is 7.86. The second kappa shape index (κ2) is 7.41. The van der Waals surface area contributed by atoms with E-state index in [9.17, 15) is 8.42 Å². The summed E-state index contributed by atoms with van der Waals surface area (Å²) in [4.78, 5) is 0.280. The van der Waals surface area contributed by atoms with Crippen LogP contribution in [0.4, 0.5) is 0 Å². The first-order chi connectivity index (χ1) is 10.1. The molecule has 4 heteroatoms. The third-order valence-electron chi connectivity index (χ3n) is 4.44. The van der Waals surface area contributed by atoms with E-state index < -0.39 is 10.1 Å². The van der Waals surface area contributed by atoms with Crippen molar-refractivity contribution in [3.63, 3.8) is 0 Å². The van der Waals surface area contributed by atoms with Gasteiger partial charge in [-0.05, 0) is 49.3 Å². The minimum Gasteiger partial charge on any atom is -0.263 e. The van der Waals surface area contributed by atoms with E-state index in [1.54, 1.807) is 12.1 Å². The summed E-state index contributed by atoms with van der Waals surface area (Å²) in [6.07, 6.45) is 7.02. The van der Waals surface area contributed by atoms with Gasteiger partial charge in [-0.15, -0.1) is 0 Å². The molecule has 0 amide bonds. The number of hydrogen-bond donors (Lipinski definition) is 0. The van der Waals surface area contributed by atoms with Gasteiger partial charge in [0.1, 0.15) is 0 Å². The Labute approximate surface area is 128 Å². The van der Waals surface area contributed by atoms with Crippen molar-refractivity contribution in [3.8, 4) is 0 Å². The third-order valence-corrected chi connectivity index (χ3v) is 5.82. The Morgan fingerprint density at radius 1 is 1.05 bits per heavy atom. The van der Waals surface area contributed by atoms with E-state index in [-0.39, 0.29) is 11.0 Å². The summed E-state index contributed by atoms with van der Waals surface area (Å²) in [6.45, 7) is 4.32. The molecule has 1 aliphatic rings. The van der Waals surface area contributed by atoms with Crippen LogP contribution in [0, 0.1) is 0 Å². The van der Waals surface area contributed by atoms with Gasteiger partial charge >= 0.3 is 0 Å². The number of rotatable bonds is 6. The predicted molar refractivity (Wildman–Crippen MR) is 84.9 cm³/mol. The lowest BCUT2D eigenvalue weighted by Crippen LogP contribution is -2.21. The van der Waals surface area contributed by atoms with Gasteiger partial charge in [0.15, 0.2) is 0 Å². The summed E-state index contributed by atoms with van der Waals surface area (Å²) < 4.78 is 30.0. The predicted octanol–water partition coefficient (Wildman–Crippen LogP) is 4.63. The SMILES string of the molecule is CCC(CC)c1ccc(S(=O)(=O)OC2CCCCC2)cc1. The largest absolute Gasteiger partial charge is 0.297 e. The van der Waals surface area contributed by atoms with Crippen LogP contribution in [-0.4, -0.2) is 14.5 Å². The average molecular weight is 310 g/mol. The van der Waals surface area contributed by atoms with Gasteiger partial charge in [-0.25, -0.2) is 0 Å². The Hall–Kier alpha value is -0.870. The molecule has 0 radical (unpaired) electrons. The topological polar surface area (TPSA) is 43.4 Å². The standard InChI is InChI=1S/C17H26O3S/c1-3-14(4-2)15-10-12-17(13-11-15)21(18,19)20-16-8-6-5-7-9-16/h10-14,16H,3-9H2,1-2H3. The summed E-state index contributed by atoms with van der Waals surface area (Å²) in [6, 6.07) is 7.22. The zero-order chi connectivity index (χ0) is 15.3. The Morgan fingerprint density at radius 2 is 1.62 bits per heavy atom. The fourth-order valence-corrected chi connectivity index (χ4v) is 4.19. The molecular weight excluding hydrogens is 284 g/mol. The minimum atomic E-state index is -3.62. The molecule has 21 heavy (non-hydrogen) atoms. The molecule has 0 atom stereocenters. The van der Waals surface area contributed by atoms with Gasteiger partial charge in [0.25, 0.3) is 10.1 Å². The monoisotopic (exact) mass is 310 g/mol. The molecule has 0 unspecified atom stereocenters. The van der Waals surface area contributed by atoms with Crippen LogP contribution in [0.25, 0.3) is 0 Å². The van der Waals surface area contributed by atoms with Crippen molar-refractivity contribution in [2.75, 3.05) is 0 Å². The van der Waals surface area contributed by atoms with Crippen molar-refractivity contribution < 1.29 is 12.6 Å². The molecule has 0 N–H and O–H groups in total. The van der Waals surface area contributed by atoms with Crippen LogP contribution in [0.1, 0.15) is 70.3 Å². The van der Waals surface area contributed by atoms with Crippen molar-refractivity contribution >= 4 is 10.1 Å². The third kappa shape index (κ3) is 4.30. The van der Waals surface area contributed by atoms with Crippen LogP contribution in [0.2, 0.25) is 0 Å². The van der Waals surface area contributed by atoms with Crippen molar-refractivity contribution in [2.24, 2.45) is 0 Å². The van der Waals surface area contributed by atoms with Gasteiger partial charge in [0.05, 0.1) is 11.0 Å². The van der Waals surface area contributed by atoms with Gasteiger partial charge in [0.2, 0.25) is 0 Å². The Kier molecular flexibility index (Phi) is 5.82. The summed E-state index contributed by atoms with van der Waals surface area (Å²) in [7, 11) is -3.62. The molecule has 118 valence electrons. The first kappa shape index (κ1) is 16.5. The molecule has 1 fully saturated rings. The number of benzene rings is 1. The van der Waals surface area contributed by atoms with Gasteiger partial charge in [-0.2, -0.15) is 8.42 Å². The van der Waals surface area contributed by atoms with Crippen LogP contribution in [0.3, 0.4) is 0 Å². The Balaban J connectivity index is 2.09. The molecule has 0 aromatic heterocycles. The van der Waals surface area contributed by atoms with Gasteiger partial charge in [0, 0.05) is 0 Å². The van der Waals surface area contributed by atoms with Crippen LogP contribution < -0.4 is 0 Å². The van der Waals surface area contributed by atoms with E-state index in [4.69, 9.17) is 4.18 Å². The fraction of sp³-hybridized carbons (Fsp3) is 0.647. The van der Waals surface area contributed by atoms with Gasteiger partial charge in [-0.1, -0.05) is 45.2 Å². The second-order valence-corrected chi connectivity index (χ2v) is 7.46. The van der Waals surface area contributed by atoms with E-state index in [0.717, 1.165) is 38.5 Å². The molecule has 1 saturated carbocycles. The van der Waals surface area contributed by atoms with Crippen LogP contribution >= 0.6 is 0 Å². The summed E-state index contributed by atoms with van der Waals surface area (Å²) >= 11 is 0. The maximum absolute atomic E-state index is 12.3. The highest BCUT2D eigenvalue weighted by atomic mass is 32.2. The fourth-order valence-electron chi connectivity index (χ4n) is 3.06. The van der Waals surface area contributed by atoms with Gasteiger partial charge in [-0.3, -0.25) is 4.18 Å². The molecule has 1 aromatic carbocycles. The molecule has 1 aromatic rings. The van der Waals surface area contributed by atoms with E-state index in [0.29, 0.717) is 5.92 Å².